The number of aliphatic hydroxyl groups excluding tert-OH is 1. The van der Waals surface area contributed by atoms with Gasteiger partial charge in [-0.05, 0) is 38.5 Å². The fraction of sp³-hybridized carbons (Fsp3) is 0.953. The lowest BCUT2D eigenvalue weighted by Crippen LogP contribution is -2.46. The smallest absolute Gasteiger partial charge is 0.391 e. The number of nitrogens with zero attached hydrogens (tertiary/aromatic N) is 1. The zero-order valence-corrected chi connectivity index (χ0v) is 50.8. The second-order valence-electron chi connectivity index (χ2n) is 23.9. The summed E-state index contributed by atoms with van der Waals surface area (Å²) in [7, 11) is 1.63. The Kier molecular flexibility index (Phi) is 55.4. The van der Waals surface area contributed by atoms with Gasteiger partial charge in [0.1, 0.15) is 13.2 Å². The van der Waals surface area contributed by atoms with E-state index in [2.05, 4.69) is 31.3 Å². The minimum Gasteiger partial charge on any atom is -0.391 e. The Morgan fingerprint density at radius 3 is 1.05 bits per heavy atom. The van der Waals surface area contributed by atoms with E-state index in [9.17, 15) is 19.4 Å². The summed E-state index contributed by atoms with van der Waals surface area (Å²) >= 11 is 0. The molecule has 0 heterocycles. The number of hydrogen-bond acceptors (Lipinski definition) is 5. The van der Waals surface area contributed by atoms with Crippen molar-refractivity contribution in [3.8, 4) is 0 Å². The van der Waals surface area contributed by atoms with Crippen molar-refractivity contribution < 1.29 is 32.9 Å². The molecular weight excluding hydrogens is 924 g/mol. The van der Waals surface area contributed by atoms with Crippen molar-refractivity contribution in [2.45, 2.75) is 353 Å². The van der Waals surface area contributed by atoms with Crippen LogP contribution in [0, 0.1) is 0 Å². The van der Waals surface area contributed by atoms with E-state index in [0.29, 0.717) is 23.9 Å². The molecule has 0 bridgehead atoms. The standard InChI is InChI=1S/C64H129N2O6P/c1-6-8-10-12-14-16-18-20-22-24-25-26-27-28-29-30-31-32-33-34-35-36-37-38-39-40-41-42-44-46-48-50-52-54-56-58-64(68)65-62(61-72-73(69,70)71-60-59-66(3,4)5)63(67)57-55-53-51-49-47-45-43-23-21-19-17-15-13-11-9-7-2/h30-31,62-63,67H,6-29,32-61H2,1-5H3,(H-,65,68,69,70)/p+1/b31-30-. The van der Waals surface area contributed by atoms with E-state index in [1.807, 2.05) is 21.1 Å². The number of amides is 1. The van der Waals surface area contributed by atoms with Gasteiger partial charge in [-0.3, -0.25) is 13.8 Å². The predicted molar refractivity (Wildman–Crippen MR) is 319 cm³/mol. The van der Waals surface area contributed by atoms with E-state index >= 15 is 0 Å². The van der Waals surface area contributed by atoms with Crippen LogP contribution in [0.3, 0.4) is 0 Å². The van der Waals surface area contributed by atoms with Crippen molar-refractivity contribution in [3.63, 3.8) is 0 Å². The number of rotatable bonds is 61. The van der Waals surface area contributed by atoms with Crippen LogP contribution in [-0.2, 0) is 18.4 Å². The quantitative estimate of drug-likeness (QED) is 0.0243. The van der Waals surface area contributed by atoms with Gasteiger partial charge in [-0.2, -0.15) is 0 Å². The highest BCUT2D eigenvalue weighted by atomic mass is 31.2. The Balaban J connectivity index is 3.93. The van der Waals surface area contributed by atoms with Gasteiger partial charge in [-0.25, -0.2) is 4.57 Å². The molecule has 0 aliphatic heterocycles. The average Bonchev–Trinajstić information content (AvgIpc) is 3.35. The molecule has 9 heteroatoms. The number of carbonyl (C=O) groups is 1. The molecule has 436 valence electrons. The Labute approximate surface area is 456 Å². The molecule has 0 aliphatic rings. The summed E-state index contributed by atoms with van der Waals surface area (Å²) in [5, 5.41) is 14.1. The van der Waals surface area contributed by atoms with Crippen molar-refractivity contribution in [1.82, 2.24) is 5.32 Å². The highest BCUT2D eigenvalue weighted by Gasteiger charge is 2.28. The van der Waals surface area contributed by atoms with E-state index in [4.69, 9.17) is 9.05 Å². The summed E-state index contributed by atoms with van der Waals surface area (Å²) in [5.41, 5.74) is 0. The van der Waals surface area contributed by atoms with Crippen LogP contribution in [0.1, 0.15) is 341 Å². The van der Waals surface area contributed by atoms with E-state index in [1.54, 1.807) is 0 Å². The molecule has 73 heavy (non-hydrogen) atoms. The number of phosphoric ester groups is 1. The number of carbonyl (C=O) groups excluding carboxylic acids is 1. The van der Waals surface area contributed by atoms with Gasteiger partial charge in [0.2, 0.25) is 5.91 Å². The number of phosphoric acid groups is 1. The zero-order chi connectivity index (χ0) is 53.5. The monoisotopic (exact) mass is 1050 g/mol. The summed E-state index contributed by atoms with van der Waals surface area (Å²) in [4.78, 5) is 23.4. The van der Waals surface area contributed by atoms with Gasteiger partial charge in [0, 0.05) is 6.42 Å². The Morgan fingerprint density at radius 2 is 0.740 bits per heavy atom. The second kappa shape index (κ2) is 56.0. The highest BCUT2D eigenvalue weighted by Crippen LogP contribution is 2.43. The molecule has 3 N–H and O–H groups in total. The predicted octanol–water partition coefficient (Wildman–Crippen LogP) is 20.2. The van der Waals surface area contributed by atoms with Gasteiger partial charge in [-0.15, -0.1) is 0 Å². The molecule has 0 saturated carbocycles. The largest absolute Gasteiger partial charge is 0.472 e. The van der Waals surface area contributed by atoms with Gasteiger partial charge < -0.3 is 19.8 Å². The molecule has 0 saturated heterocycles. The van der Waals surface area contributed by atoms with Crippen molar-refractivity contribution in [2.24, 2.45) is 0 Å². The van der Waals surface area contributed by atoms with Gasteiger partial charge in [0.25, 0.3) is 0 Å². The number of allylic oxidation sites excluding steroid dienone is 2. The van der Waals surface area contributed by atoms with Crippen molar-refractivity contribution in [1.29, 1.82) is 0 Å². The minimum atomic E-state index is -4.32. The van der Waals surface area contributed by atoms with Gasteiger partial charge in [-0.1, -0.05) is 309 Å². The fourth-order valence-corrected chi connectivity index (χ4v) is 10.9. The summed E-state index contributed by atoms with van der Waals surface area (Å²) in [6, 6.07) is -0.757. The van der Waals surface area contributed by atoms with Gasteiger partial charge in [0.15, 0.2) is 0 Å². The topological polar surface area (TPSA) is 105 Å². The maximum atomic E-state index is 13.0. The third kappa shape index (κ3) is 58.8. The zero-order valence-electron chi connectivity index (χ0n) is 49.9. The minimum absolute atomic E-state index is 0.0779. The summed E-state index contributed by atoms with van der Waals surface area (Å²) < 4.78 is 23.8. The summed E-state index contributed by atoms with van der Waals surface area (Å²) in [6.45, 7) is 4.94. The van der Waals surface area contributed by atoms with Crippen molar-refractivity contribution in [3.05, 3.63) is 12.2 Å². The lowest BCUT2D eigenvalue weighted by Gasteiger charge is -2.26. The van der Waals surface area contributed by atoms with E-state index in [-0.39, 0.29) is 19.1 Å². The van der Waals surface area contributed by atoms with Crippen LogP contribution < -0.4 is 5.32 Å². The summed E-state index contributed by atoms with van der Waals surface area (Å²) in [5.74, 6) is -0.137. The van der Waals surface area contributed by atoms with Crippen LogP contribution in [0.25, 0.3) is 0 Å². The number of likely N-dealkylation sites (N-methyl/N-ethyl adjacent to an activating group) is 1. The maximum Gasteiger partial charge on any atom is 0.472 e. The average molecular weight is 1050 g/mol. The first-order valence-corrected chi connectivity index (χ1v) is 34.0. The van der Waals surface area contributed by atoms with Crippen LogP contribution in [0.4, 0.5) is 0 Å². The molecule has 3 unspecified atom stereocenters. The molecule has 3 atom stereocenters. The molecule has 8 nitrogen and oxygen atoms in total. The molecule has 1 amide bonds. The lowest BCUT2D eigenvalue weighted by molar-refractivity contribution is -0.870. The number of nitrogens with one attached hydrogen (secondary N) is 1. The molecule has 0 fully saturated rings. The van der Waals surface area contributed by atoms with Crippen LogP contribution in [-0.4, -0.2) is 73.4 Å². The van der Waals surface area contributed by atoms with Crippen molar-refractivity contribution in [2.75, 3.05) is 40.9 Å². The first-order valence-electron chi connectivity index (χ1n) is 32.6. The number of hydrogen-bond donors (Lipinski definition) is 3. The molecule has 0 aromatic rings. The Morgan fingerprint density at radius 1 is 0.452 bits per heavy atom. The number of quaternary nitrogens is 1. The van der Waals surface area contributed by atoms with Crippen LogP contribution in [0.15, 0.2) is 12.2 Å². The molecule has 0 rings (SSSR count). The van der Waals surface area contributed by atoms with E-state index in [0.717, 1.165) is 38.5 Å². The third-order valence-corrected chi connectivity index (χ3v) is 16.2. The van der Waals surface area contributed by atoms with Crippen molar-refractivity contribution >= 4 is 13.7 Å². The molecule has 0 aliphatic carbocycles. The SMILES string of the molecule is CCCCCCCCCCCCCCCC/C=C\CCCCCCCCCCCCCCCCCCCC(=O)NC(COP(=O)(O)OCC[N+](C)(C)C)C(O)CCCCCCCCCCCCCCCCCC. The molecule has 0 aromatic carbocycles. The van der Waals surface area contributed by atoms with Gasteiger partial charge >= 0.3 is 7.82 Å². The van der Waals surface area contributed by atoms with Gasteiger partial charge in [0.05, 0.1) is 39.9 Å². The molecular formula is C64H130N2O6P+. The summed E-state index contributed by atoms with van der Waals surface area (Å²) in [6.07, 6.45) is 70.2. The molecule has 0 spiro atoms. The lowest BCUT2D eigenvalue weighted by atomic mass is 10.0. The van der Waals surface area contributed by atoms with Crippen LogP contribution in [0.5, 0.6) is 0 Å². The third-order valence-electron chi connectivity index (χ3n) is 15.3. The highest BCUT2D eigenvalue weighted by molar-refractivity contribution is 7.47. The second-order valence-corrected chi connectivity index (χ2v) is 25.3. The molecule has 0 radical (unpaired) electrons. The maximum absolute atomic E-state index is 13.0. The first-order chi connectivity index (χ1) is 35.5. The van der Waals surface area contributed by atoms with E-state index < -0.39 is 20.0 Å². The Hall–Kier alpha value is -0.760. The first kappa shape index (κ1) is 72.2. The fourth-order valence-electron chi connectivity index (χ4n) is 10.2. The number of unbranched alkanes of at least 4 members (excludes halogenated alkanes) is 46. The van der Waals surface area contributed by atoms with E-state index in [1.165, 1.54) is 276 Å². The molecule has 0 aromatic heterocycles. The van der Waals surface area contributed by atoms with Crippen LogP contribution in [0.2, 0.25) is 0 Å². The Bertz CT molecular complexity index is 1200. The van der Waals surface area contributed by atoms with Crippen LogP contribution >= 0.6 is 7.82 Å². The number of aliphatic hydroxyl groups is 1. The normalized spacial score (nSPS) is 13.8.